The molecule has 12 heteroatoms. The molecule has 0 bridgehead atoms. The predicted molar refractivity (Wildman–Crippen MR) is 228 cm³/mol. The molecular weight excluding hydrogens is 777 g/mol. The number of carbonyl (C=O) groups is 4. The quantitative estimate of drug-likeness (QED) is 0.129. The Morgan fingerprint density at radius 3 is 2.28 bits per heavy atom. The smallest absolute Gasteiger partial charge is 0.339 e. The van der Waals surface area contributed by atoms with Crippen LogP contribution in [0.15, 0.2) is 96.6 Å². The Kier molecular flexibility index (Phi) is 13.5. The van der Waals surface area contributed by atoms with Gasteiger partial charge in [-0.15, -0.1) is 0 Å². The summed E-state index contributed by atoms with van der Waals surface area (Å²) in [5.74, 6) is -2.11. The van der Waals surface area contributed by atoms with Crippen LogP contribution >= 0.6 is 0 Å². The van der Waals surface area contributed by atoms with Gasteiger partial charge >= 0.3 is 11.9 Å². The number of rotatable bonds is 17. The first-order valence-corrected chi connectivity index (χ1v) is 21.5. The highest BCUT2D eigenvalue weighted by atomic mass is 16.8. The van der Waals surface area contributed by atoms with Crippen LogP contribution in [-0.4, -0.2) is 94.3 Å². The molecule has 5 atom stereocenters. The van der Waals surface area contributed by atoms with E-state index in [1.807, 2.05) is 66.7 Å². The minimum absolute atomic E-state index is 0.0132. The first-order valence-electron chi connectivity index (χ1n) is 21.5. The van der Waals surface area contributed by atoms with Gasteiger partial charge in [-0.3, -0.25) is 14.4 Å². The molecule has 324 valence electrons. The molecule has 0 spiro atoms. The number of nitrogens with one attached hydrogen (secondary N) is 1. The largest absolute Gasteiger partial charge is 0.508 e. The Bertz CT molecular complexity index is 2110. The topological polar surface area (TPSA) is 161 Å². The van der Waals surface area contributed by atoms with Crippen LogP contribution < -0.4 is 5.32 Å². The molecule has 7 rings (SSSR count). The average molecular weight is 835 g/mol. The van der Waals surface area contributed by atoms with E-state index in [0.29, 0.717) is 23.1 Å². The van der Waals surface area contributed by atoms with Gasteiger partial charge in [-0.25, -0.2) is 4.79 Å². The average Bonchev–Trinajstić information content (AvgIpc) is 4.19. The van der Waals surface area contributed by atoms with Crippen LogP contribution in [0.4, 0.5) is 0 Å². The number of phenols is 1. The van der Waals surface area contributed by atoms with Crippen LogP contribution in [0.3, 0.4) is 0 Å². The van der Waals surface area contributed by atoms with E-state index in [9.17, 15) is 29.4 Å². The number of allylic oxidation sites excluding steroid dienone is 1. The number of ether oxygens (including phenoxy) is 4. The highest BCUT2D eigenvalue weighted by Gasteiger charge is 2.64. The number of phenolic OH excluding ortho intramolecular Hbond substituents is 1. The van der Waals surface area contributed by atoms with Gasteiger partial charge in [0.25, 0.3) is 0 Å². The first-order chi connectivity index (χ1) is 29.2. The van der Waals surface area contributed by atoms with Crippen molar-refractivity contribution < 1.29 is 48.3 Å². The maximum atomic E-state index is 14.7. The van der Waals surface area contributed by atoms with E-state index in [4.69, 9.17) is 18.9 Å². The number of benzene rings is 3. The first kappa shape index (κ1) is 43.8. The fraction of sp³-hybridized carbons (Fsp3) is 0.469. The minimum atomic E-state index is -1.00. The molecule has 3 aromatic rings. The Labute approximate surface area is 357 Å². The van der Waals surface area contributed by atoms with Gasteiger partial charge in [-0.1, -0.05) is 78.9 Å². The summed E-state index contributed by atoms with van der Waals surface area (Å²) in [7, 11) is 1.57. The molecule has 0 radical (unpaired) electrons. The summed E-state index contributed by atoms with van der Waals surface area (Å²) in [5.41, 5.74) is 2.21. The van der Waals surface area contributed by atoms with Gasteiger partial charge in [0.05, 0.1) is 18.2 Å². The number of aliphatic hydroxyl groups excluding tert-OH is 1. The molecule has 1 aliphatic heterocycles. The number of hydrogen-bond donors (Lipinski definition) is 3. The molecule has 3 aliphatic carbocycles. The summed E-state index contributed by atoms with van der Waals surface area (Å²) in [4.78, 5) is 56.9. The fourth-order valence-corrected chi connectivity index (χ4v) is 8.39. The third-order valence-electron chi connectivity index (χ3n) is 11.8. The highest BCUT2D eigenvalue weighted by molar-refractivity contribution is 5.98. The van der Waals surface area contributed by atoms with E-state index in [2.05, 4.69) is 5.32 Å². The van der Waals surface area contributed by atoms with Gasteiger partial charge in [0.15, 0.2) is 5.79 Å². The van der Waals surface area contributed by atoms with Crippen molar-refractivity contribution in [1.29, 1.82) is 0 Å². The Morgan fingerprint density at radius 2 is 1.61 bits per heavy atom. The second kappa shape index (κ2) is 18.8. The number of likely N-dealkylation sites (N-methyl/N-ethyl adjacent to an activating group) is 1. The molecule has 61 heavy (non-hydrogen) atoms. The number of hydrogen-bond acceptors (Lipinski definition) is 10. The van der Waals surface area contributed by atoms with Crippen LogP contribution in [0.1, 0.15) is 92.8 Å². The van der Waals surface area contributed by atoms with E-state index in [0.717, 1.165) is 36.8 Å². The summed E-state index contributed by atoms with van der Waals surface area (Å²) in [6, 6.07) is 21.8. The SMILES string of the molecule is CN(C(=O)C1=CC2OC(C3CC3)(C3CC3)OC2C(OC(=O)c2ccccc2C=CCc2ccccc2O)C1)C(Cc1ccccc1)C(=O)NC(CO)CCC(=O)OC(C)(C)C. The molecule has 1 saturated heterocycles. The molecule has 0 aromatic heterocycles. The van der Waals surface area contributed by atoms with Crippen molar-refractivity contribution in [3.05, 3.63) is 119 Å². The third-order valence-corrected chi connectivity index (χ3v) is 11.8. The fourth-order valence-electron chi connectivity index (χ4n) is 8.39. The lowest BCUT2D eigenvalue weighted by Gasteiger charge is -2.34. The van der Waals surface area contributed by atoms with Crippen molar-refractivity contribution in [3.63, 3.8) is 0 Å². The molecule has 3 aromatic carbocycles. The maximum absolute atomic E-state index is 14.7. The van der Waals surface area contributed by atoms with Gasteiger partial charge in [0.2, 0.25) is 11.8 Å². The van der Waals surface area contributed by atoms with Crippen LogP contribution in [0.25, 0.3) is 6.08 Å². The number of fused-ring (bicyclic) bond motifs is 1. The molecule has 3 fully saturated rings. The summed E-state index contributed by atoms with van der Waals surface area (Å²) in [6.07, 6.45) is 8.00. The zero-order chi connectivity index (χ0) is 43.3. The van der Waals surface area contributed by atoms with Gasteiger partial charge in [-0.05, 0) is 94.2 Å². The number of para-hydroxylation sites is 1. The molecule has 4 aliphatic rings. The molecule has 1 heterocycles. The second-order valence-corrected chi connectivity index (χ2v) is 17.7. The zero-order valence-electron chi connectivity index (χ0n) is 35.5. The molecule has 2 amide bonds. The lowest BCUT2D eigenvalue weighted by Crippen LogP contribution is -2.53. The number of nitrogens with zero attached hydrogens (tertiary/aromatic N) is 1. The number of aliphatic hydroxyl groups is 1. The molecule has 2 saturated carbocycles. The Morgan fingerprint density at radius 1 is 0.934 bits per heavy atom. The summed E-state index contributed by atoms with van der Waals surface area (Å²) >= 11 is 0. The van der Waals surface area contributed by atoms with Crippen LogP contribution in [0.5, 0.6) is 5.75 Å². The van der Waals surface area contributed by atoms with Crippen LogP contribution in [-0.2, 0) is 46.2 Å². The second-order valence-electron chi connectivity index (χ2n) is 17.7. The maximum Gasteiger partial charge on any atom is 0.339 e. The van der Waals surface area contributed by atoms with Crippen molar-refractivity contribution >= 4 is 29.8 Å². The number of carbonyl (C=O) groups excluding carboxylic acids is 4. The van der Waals surface area contributed by atoms with E-state index in [-0.39, 0.29) is 43.3 Å². The lowest BCUT2D eigenvalue weighted by atomic mass is 9.90. The predicted octanol–water partition coefficient (Wildman–Crippen LogP) is 6.47. The molecular formula is C49H58N2O10. The van der Waals surface area contributed by atoms with Crippen LogP contribution in [0, 0.1) is 11.8 Å². The van der Waals surface area contributed by atoms with E-state index in [1.54, 1.807) is 58.2 Å². The van der Waals surface area contributed by atoms with Crippen molar-refractivity contribution in [2.75, 3.05) is 13.7 Å². The number of amides is 2. The van der Waals surface area contributed by atoms with Crippen LogP contribution in [0.2, 0.25) is 0 Å². The standard InChI is InChI=1S/C49H58N2O10/c1-48(2,3)60-43(54)26-25-37(30-52)50-45(55)39(27-31-13-6-5-7-14-31)51(4)46(56)34-28-41(44-42(29-34)59-49(61-44,35-21-22-35)36-23-24-36)58-47(57)38-19-10-8-15-32(38)17-12-18-33-16-9-11-20-40(33)53/h5-17,19-20,29,35-37,39,41-42,44,52-53H,18,21-28,30H2,1-4H3,(H,50,55). The van der Waals surface area contributed by atoms with E-state index >= 15 is 0 Å². The Balaban J connectivity index is 1.12. The van der Waals surface area contributed by atoms with E-state index in [1.165, 1.54) is 4.90 Å². The van der Waals surface area contributed by atoms with Crippen molar-refractivity contribution in [1.82, 2.24) is 10.2 Å². The monoisotopic (exact) mass is 834 g/mol. The lowest BCUT2D eigenvalue weighted by molar-refractivity contribution is -0.209. The normalized spacial score (nSPS) is 21.8. The zero-order valence-corrected chi connectivity index (χ0v) is 35.5. The van der Waals surface area contributed by atoms with E-state index < -0.39 is 72.1 Å². The van der Waals surface area contributed by atoms with Gasteiger partial charge in [0.1, 0.15) is 35.7 Å². The van der Waals surface area contributed by atoms with Crippen molar-refractivity contribution in [3.8, 4) is 5.75 Å². The number of esters is 2. The summed E-state index contributed by atoms with van der Waals surface area (Å²) < 4.78 is 25.4. The molecule has 12 nitrogen and oxygen atoms in total. The Hall–Kier alpha value is -5.30. The molecule has 5 unspecified atom stereocenters. The van der Waals surface area contributed by atoms with Crippen molar-refractivity contribution in [2.45, 2.75) is 120 Å². The molecule has 3 N–H and O–H groups in total. The van der Waals surface area contributed by atoms with Gasteiger partial charge < -0.3 is 39.4 Å². The number of aromatic hydroxyl groups is 1. The summed E-state index contributed by atoms with van der Waals surface area (Å²) in [6.45, 7) is 4.90. The minimum Gasteiger partial charge on any atom is -0.508 e. The highest BCUT2D eigenvalue weighted by Crippen LogP contribution is 2.59. The van der Waals surface area contributed by atoms with Gasteiger partial charge in [0, 0.05) is 43.7 Å². The van der Waals surface area contributed by atoms with Crippen molar-refractivity contribution in [2.24, 2.45) is 11.8 Å². The summed E-state index contributed by atoms with van der Waals surface area (Å²) in [5, 5.41) is 23.3. The third kappa shape index (κ3) is 10.8. The van der Waals surface area contributed by atoms with Gasteiger partial charge in [-0.2, -0.15) is 0 Å².